The largest absolute Gasteiger partial charge is 0.311 e. The molecule has 0 aliphatic heterocycles. The number of aryl methyl sites for hydroxylation is 1. The van der Waals surface area contributed by atoms with E-state index in [1.807, 2.05) is 20.0 Å². The summed E-state index contributed by atoms with van der Waals surface area (Å²) in [4.78, 5) is 9.38. The van der Waals surface area contributed by atoms with Crippen molar-refractivity contribution in [3.8, 4) is 0 Å². The maximum atomic E-state index is 4.77. The van der Waals surface area contributed by atoms with E-state index in [0.717, 1.165) is 22.8 Å². The molecule has 2 aromatic heterocycles. The average molecular weight is 289 g/mol. The average Bonchev–Trinajstić information content (AvgIpc) is 2.84. The van der Waals surface area contributed by atoms with Gasteiger partial charge >= 0.3 is 0 Å². The normalized spacial score (nSPS) is 13.4. The fraction of sp³-hybridized carbons (Fsp3) is 0.500. The molecule has 2 heterocycles. The second-order valence-electron chi connectivity index (χ2n) is 6.13. The summed E-state index contributed by atoms with van der Waals surface area (Å²) in [6.45, 7) is 8.62. The van der Waals surface area contributed by atoms with Gasteiger partial charge in [-0.3, -0.25) is 4.98 Å². The first-order chi connectivity index (χ1) is 9.40. The molecule has 0 saturated carbocycles. The molecule has 2 rings (SSSR count). The lowest BCUT2D eigenvalue weighted by molar-refractivity contribution is 0.554. The summed E-state index contributed by atoms with van der Waals surface area (Å²) < 4.78 is 0. The summed E-state index contributed by atoms with van der Waals surface area (Å²) in [5.41, 5.74) is 3.42. The molecule has 2 aromatic rings. The number of likely N-dealkylation sites (N-methyl/N-ethyl adjacent to an activating group) is 1. The van der Waals surface area contributed by atoms with E-state index in [1.165, 1.54) is 5.69 Å². The third kappa shape index (κ3) is 3.64. The Labute approximate surface area is 125 Å². The molecule has 1 unspecified atom stereocenters. The molecule has 0 radical (unpaired) electrons. The van der Waals surface area contributed by atoms with E-state index in [9.17, 15) is 0 Å². The molecule has 0 aromatic carbocycles. The van der Waals surface area contributed by atoms with Crippen LogP contribution in [-0.4, -0.2) is 17.0 Å². The first kappa shape index (κ1) is 15.1. The molecule has 0 aliphatic carbocycles. The monoisotopic (exact) mass is 289 g/mol. The van der Waals surface area contributed by atoms with Crippen molar-refractivity contribution >= 4 is 11.3 Å². The maximum Gasteiger partial charge on any atom is 0.0948 e. The van der Waals surface area contributed by atoms with Gasteiger partial charge in [0.2, 0.25) is 0 Å². The fourth-order valence-electron chi connectivity index (χ4n) is 2.04. The highest BCUT2D eigenvalue weighted by atomic mass is 32.1. The third-order valence-electron chi connectivity index (χ3n) is 3.31. The van der Waals surface area contributed by atoms with E-state index in [2.05, 4.69) is 48.6 Å². The van der Waals surface area contributed by atoms with Crippen molar-refractivity contribution in [2.24, 2.45) is 0 Å². The zero-order chi connectivity index (χ0) is 14.8. The van der Waals surface area contributed by atoms with Crippen LogP contribution in [0.1, 0.15) is 48.9 Å². The summed E-state index contributed by atoms with van der Waals surface area (Å²) in [5.74, 6) is 0. The van der Waals surface area contributed by atoms with Gasteiger partial charge in [0.15, 0.2) is 0 Å². The van der Waals surface area contributed by atoms with Gasteiger partial charge in [-0.1, -0.05) is 26.8 Å². The molecule has 20 heavy (non-hydrogen) atoms. The Hall–Kier alpha value is -1.26. The number of hydrogen-bond acceptors (Lipinski definition) is 4. The number of aromatic nitrogens is 2. The summed E-state index contributed by atoms with van der Waals surface area (Å²) in [6.07, 6.45) is 0.883. The van der Waals surface area contributed by atoms with Crippen molar-refractivity contribution in [3.05, 3.63) is 45.7 Å². The van der Waals surface area contributed by atoms with Crippen molar-refractivity contribution in [3.63, 3.8) is 0 Å². The lowest BCUT2D eigenvalue weighted by Gasteiger charge is -2.16. The fourth-order valence-corrected chi connectivity index (χ4v) is 3.10. The Kier molecular flexibility index (Phi) is 4.55. The molecular weight excluding hydrogens is 266 g/mol. The van der Waals surface area contributed by atoms with E-state index in [1.54, 1.807) is 11.3 Å². The van der Waals surface area contributed by atoms with Crippen LogP contribution in [0.5, 0.6) is 0 Å². The van der Waals surface area contributed by atoms with Crippen molar-refractivity contribution in [2.45, 2.75) is 45.6 Å². The van der Waals surface area contributed by atoms with E-state index in [4.69, 9.17) is 4.98 Å². The topological polar surface area (TPSA) is 37.8 Å². The molecule has 108 valence electrons. The van der Waals surface area contributed by atoms with Gasteiger partial charge in [0.1, 0.15) is 0 Å². The number of thiazole rings is 1. The number of rotatable bonds is 4. The maximum absolute atomic E-state index is 4.77. The van der Waals surface area contributed by atoms with Crippen LogP contribution in [0, 0.1) is 6.92 Å². The second kappa shape index (κ2) is 6.02. The first-order valence-electron chi connectivity index (χ1n) is 6.96. The van der Waals surface area contributed by atoms with Crippen LogP contribution in [0.2, 0.25) is 0 Å². The van der Waals surface area contributed by atoms with Crippen LogP contribution in [0.25, 0.3) is 0 Å². The lowest BCUT2D eigenvalue weighted by atomic mass is 9.93. The van der Waals surface area contributed by atoms with Gasteiger partial charge in [0.25, 0.3) is 0 Å². The summed E-state index contributed by atoms with van der Waals surface area (Å²) in [6, 6.07) is 6.38. The Morgan fingerprint density at radius 1 is 1.25 bits per heavy atom. The second-order valence-corrected chi connectivity index (χ2v) is 7.07. The van der Waals surface area contributed by atoms with Gasteiger partial charge in [0.05, 0.1) is 22.4 Å². The standard InChI is InChI=1S/C16H23N3S/c1-11-7-6-8-12(18-11)13(17-5)9-15-19-14(10-20-15)16(2,3)4/h6-8,10,13,17H,9H2,1-5H3. The molecule has 0 saturated heterocycles. The molecule has 4 heteroatoms. The molecule has 0 spiro atoms. The van der Waals surface area contributed by atoms with Crippen LogP contribution < -0.4 is 5.32 Å². The van der Waals surface area contributed by atoms with E-state index >= 15 is 0 Å². The Bertz CT molecular complexity index is 569. The minimum Gasteiger partial charge on any atom is -0.311 e. The summed E-state index contributed by atoms with van der Waals surface area (Å²) >= 11 is 1.74. The molecule has 0 amide bonds. The molecule has 1 N–H and O–H groups in total. The van der Waals surface area contributed by atoms with Gasteiger partial charge in [-0.05, 0) is 26.1 Å². The third-order valence-corrected chi connectivity index (χ3v) is 4.19. The molecule has 0 aliphatic rings. The van der Waals surface area contributed by atoms with E-state index in [-0.39, 0.29) is 11.5 Å². The van der Waals surface area contributed by atoms with Crippen LogP contribution in [0.3, 0.4) is 0 Å². The molecule has 3 nitrogen and oxygen atoms in total. The Balaban J connectivity index is 2.16. The van der Waals surface area contributed by atoms with Crippen molar-refractivity contribution in [1.82, 2.24) is 15.3 Å². The van der Waals surface area contributed by atoms with Gasteiger partial charge in [0, 0.05) is 22.9 Å². The molecule has 1 atom stereocenters. The highest BCUT2D eigenvalue weighted by Crippen LogP contribution is 2.26. The van der Waals surface area contributed by atoms with Crippen LogP contribution in [-0.2, 0) is 11.8 Å². The molecule has 0 fully saturated rings. The quantitative estimate of drug-likeness (QED) is 0.933. The SMILES string of the molecule is CNC(Cc1nc(C(C)(C)C)cs1)c1cccc(C)n1. The highest BCUT2D eigenvalue weighted by molar-refractivity contribution is 7.09. The minimum absolute atomic E-state index is 0.117. The van der Waals surface area contributed by atoms with Crippen LogP contribution >= 0.6 is 11.3 Å². The zero-order valence-corrected chi connectivity index (χ0v) is 13.7. The lowest BCUT2D eigenvalue weighted by Crippen LogP contribution is -2.20. The number of hydrogen-bond donors (Lipinski definition) is 1. The first-order valence-corrected chi connectivity index (χ1v) is 7.84. The number of nitrogens with zero attached hydrogens (tertiary/aromatic N) is 2. The van der Waals surface area contributed by atoms with Gasteiger partial charge in [-0.25, -0.2) is 4.98 Å². The van der Waals surface area contributed by atoms with E-state index in [0.29, 0.717) is 0 Å². The summed E-state index contributed by atoms with van der Waals surface area (Å²) in [7, 11) is 1.98. The Morgan fingerprint density at radius 2 is 2.00 bits per heavy atom. The van der Waals surface area contributed by atoms with Gasteiger partial charge in [-0.15, -0.1) is 11.3 Å². The zero-order valence-electron chi connectivity index (χ0n) is 12.9. The predicted octanol–water partition coefficient (Wildman–Crippen LogP) is 3.65. The minimum atomic E-state index is 0.117. The van der Waals surface area contributed by atoms with Gasteiger partial charge in [-0.2, -0.15) is 0 Å². The van der Waals surface area contributed by atoms with Crippen molar-refractivity contribution in [2.75, 3.05) is 7.05 Å². The highest BCUT2D eigenvalue weighted by Gasteiger charge is 2.19. The molecular formula is C16H23N3S. The molecule has 0 bridgehead atoms. The summed E-state index contributed by atoms with van der Waals surface area (Å²) in [5, 5.41) is 6.68. The smallest absolute Gasteiger partial charge is 0.0948 e. The number of nitrogens with one attached hydrogen (secondary N) is 1. The van der Waals surface area contributed by atoms with Gasteiger partial charge < -0.3 is 5.32 Å². The van der Waals surface area contributed by atoms with E-state index < -0.39 is 0 Å². The van der Waals surface area contributed by atoms with Crippen LogP contribution in [0.15, 0.2) is 23.6 Å². The Morgan fingerprint density at radius 3 is 2.55 bits per heavy atom. The van der Waals surface area contributed by atoms with Crippen LogP contribution in [0.4, 0.5) is 0 Å². The van der Waals surface area contributed by atoms with Crippen molar-refractivity contribution < 1.29 is 0 Å². The predicted molar refractivity (Wildman–Crippen MR) is 85.3 cm³/mol. The van der Waals surface area contributed by atoms with Crippen molar-refractivity contribution in [1.29, 1.82) is 0 Å². The number of pyridine rings is 1.